The fourth-order valence-corrected chi connectivity index (χ4v) is 1.70. The first-order chi connectivity index (χ1) is 6.52. The maximum atomic E-state index is 6.07. The second-order valence-electron chi connectivity index (χ2n) is 3.57. The lowest BCUT2D eigenvalue weighted by molar-refractivity contribution is 0.568. The molecule has 0 aromatic heterocycles. The maximum absolute atomic E-state index is 6.07. The van der Waals surface area contributed by atoms with Gasteiger partial charge in [-0.05, 0) is 30.9 Å². The number of hydrogen-bond donors (Lipinski definition) is 0. The summed E-state index contributed by atoms with van der Waals surface area (Å²) in [4.78, 5) is 0. The topological polar surface area (TPSA) is 0 Å². The number of halogens is 3. The average Bonchev–Trinajstić information content (AvgIpc) is 2.12. The Balaban J connectivity index is 2.82. The molecule has 0 N–H and O–H groups in total. The van der Waals surface area contributed by atoms with Gasteiger partial charge in [0.05, 0.1) is 10.0 Å². The molecule has 0 bridgehead atoms. The molecule has 0 aliphatic carbocycles. The highest BCUT2D eigenvalue weighted by Gasteiger charge is 2.12. The molecule has 0 fully saturated rings. The molecule has 0 saturated heterocycles. The number of benzene rings is 1. The zero-order chi connectivity index (χ0) is 10.7. The average molecular weight is 252 g/mol. The molecular formula is C11H13Cl3. The van der Waals surface area contributed by atoms with Gasteiger partial charge in [-0.3, -0.25) is 0 Å². The first kappa shape index (κ1) is 12.2. The minimum atomic E-state index is 0.144. The van der Waals surface area contributed by atoms with Crippen LogP contribution in [0, 0.1) is 5.92 Å². The summed E-state index contributed by atoms with van der Waals surface area (Å²) < 4.78 is 0. The van der Waals surface area contributed by atoms with Gasteiger partial charge in [0.25, 0.3) is 0 Å². The zero-order valence-electron chi connectivity index (χ0n) is 8.23. The zero-order valence-corrected chi connectivity index (χ0v) is 10.5. The second-order valence-corrected chi connectivity index (χ2v) is 5.05. The van der Waals surface area contributed by atoms with Gasteiger partial charge in [0.2, 0.25) is 0 Å². The van der Waals surface area contributed by atoms with Gasteiger partial charge < -0.3 is 0 Å². The lowest BCUT2D eigenvalue weighted by Gasteiger charge is -2.14. The summed E-state index contributed by atoms with van der Waals surface area (Å²) in [7, 11) is 0. The summed E-state index contributed by atoms with van der Waals surface area (Å²) in [6.07, 6.45) is 0.865. The van der Waals surface area contributed by atoms with Crippen molar-refractivity contribution in [3.05, 3.63) is 33.8 Å². The smallest absolute Gasteiger partial charge is 0.0624 e. The van der Waals surface area contributed by atoms with E-state index in [-0.39, 0.29) is 5.38 Å². The van der Waals surface area contributed by atoms with Crippen molar-refractivity contribution in [1.29, 1.82) is 0 Å². The maximum Gasteiger partial charge on any atom is 0.0624 e. The Morgan fingerprint density at radius 3 is 2.43 bits per heavy atom. The fourth-order valence-electron chi connectivity index (χ4n) is 1.22. The van der Waals surface area contributed by atoms with Crippen LogP contribution in [0.25, 0.3) is 0 Å². The van der Waals surface area contributed by atoms with E-state index in [0.717, 1.165) is 12.0 Å². The summed E-state index contributed by atoms with van der Waals surface area (Å²) >= 11 is 18.0. The van der Waals surface area contributed by atoms with Gasteiger partial charge in [-0.25, -0.2) is 0 Å². The van der Waals surface area contributed by atoms with Crippen LogP contribution in [0.5, 0.6) is 0 Å². The molecule has 3 heteroatoms. The predicted molar refractivity (Wildman–Crippen MR) is 64.6 cm³/mol. The molecule has 2 unspecified atom stereocenters. The third-order valence-corrected chi connectivity index (χ3v) is 3.65. The fraction of sp³-hybridized carbons (Fsp3) is 0.455. The van der Waals surface area contributed by atoms with E-state index in [1.54, 1.807) is 6.07 Å². The molecule has 0 spiro atoms. The minimum absolute atomic E-state index is 0.144. The van der Waals surface area contributed by atoms with Gasteiger partial charge in [-0.15, -0.1) is 11.6 Å². The molecule has 1 aromatic carbocycles. The summed E-state index contributed by atoms with van der Waals surface area (Å²) in [6.45, 7) is 4.10. The Morgan fingerprint density at radius 2 is 1.86 bits per heavy atom. The number of hydrogen-bond acceptors (Lipinski definition) is 0. The lowest BCUT2D eigenvalue weighted by Crippen LogP contribution is -2.10. The predicted octanol–water partition coefficient (Wildman–Crippen LogP) is 4.80. The molecule has 1 aromatic rings. The normalized spacial score (nSPS) is 15.2. The number of alkyl halides is 1. The highest BCUT2D eigenvalue weighted by molar-refractivity contribution is 6.42. The molecule has 0 radical (unpaired) electrons. The van der Waals surface area contributed by atoms with Crippen LogP contribution in [0.1, 0.15) is 19.4 Å². The molecule has 0 heterocycles. The van der Waals surface area contributed by atoms with Crippen molar-refractivity contribution in [2.75, 3.05) is 0 Å². The summed E-state index contributed by atoms with van der Waals surface area (Å²) in [5.74, 6) is 0.396. The minimum Gasteiger partial charge on any atom is -0.123 e. The van der Waals surface area contributed by atoms with E-state index in [1.807, 2.05) is 19.1 Å². The van der Waals surface area contributed by atoms with Gasteiger partial charge in [-0.2, -0.15) is 0 Å². The molecule has 2 atom stereocenters. The third kappa shape index (κ3) is 3.05. The number of rotatable bonds is 3. The van der Waals surface area contributed by atoms with Crippen LogP contribution in [0.3, 0.4) is 0 Å². The quantitative estimate of drug-likeness (QED) is 0.677. The van der Waals surface area contributed by atoms with Crippen LogP contribution in [0.4, 0.5) is 0 Å². The molecular weight excluding hydrogens is 238 g/mol. The van der Waals surface area contributed by atoms with Crippen molar-refractivity contribution in [2.45, 2.75) is 25.6 Å². The molecule has 0 aliphatic heterocycles. The first-order valence-corrected chi connectivity index (χ1v) is 5.78. The monoisotopic (exact) mass is 250 g/mol. The third-order valence-electron chi connectivity index (χ3n) is 2.36. The van der Waals surface area contributed by atoms with Crippen LogP contribution >= 0.6 is 34.8 Å². The largest absolute Gasteiger partial charge is 0.123 e. The first-order valence-electron chi connectivity index (χ1n) is 4.59. The van der Waals surface area contributed by atoms with E-state index in [2.05, 4.69) is 6.92 Å². The molecule has 0 nitrogen and oxygen atoms in total. The molecule has 14 heavy (non-hydrogen) atoms. The Hall–Kier alpha value is 0.0900. The van der Waals surface area contributed by atoms with Gasteiger partial charge in [0.1, 0.15) is 0 Å². The van der Waals surface area contributed by atoms with E-state index < -0.39 is 0 Å². The molecule has 0 amide bonds. The van der Waals surface area contributed by atoms with Gasteiger partial charge in [-0.1, -0.05) is 42.3 Å². The van der Waals surface area contributed by atoms with E-state index in [0.29, 0.717) is 16.0 Å². The Bertz CT molecular complexity index is 307. The van der Waals surface area contributed by atoms with E-state index in [1.165, 1.54) is 0 Å². The Morgan fingerprint density at radius 1 is 1.21 bits per heavy atom. The second kappa shape index (κ2) is 5.25. The van der Waals surface area contributed by atoms with E-state index in [9.17, 15) is 0 Å². The van der Waals surface area contributed by atoms with Gasteiger partial charge in [0.15, 0.2) is 0 Å². The Kier molecular flexibility index (Phi) is 4.56. The van der Waals surface area contributed by atoms with Gasteiger partial charge >= 0.3 is 0 Å². The Labute approximate surface area is 100 Å². The highest BCUT2D eigenvalue weighted by atomic mass is 35.5. The van der Waals surface area contributed by atoms with Crippen LogP contribution in [-0.2, 0) is 6.42 Å². The van der Waals surface area contributed by atoms with Crippen molar-refractivity contribution in [3.8, 4) is 0 Å². The summed E-state index contributed by atoms with van der Waals surface area (Å²) in [5, 5.41) is 1.40. The lowest BCUT2D eigenvalue weighted by atomic mass is 9.98. The van der Waals surface area contributed by atoms with Crippen molar-refractivity contribution < 1.29 is 0 Å². The SMILES string of the molecule is CC(Cl)C(C)Cc1cccc(Cl)c1Cl. The van der Waals surface area contributed by atoms with E-state index in [4.69, 9.17) is 34.8 Å². The van der Waals surface area contributed by atoms with Crippen LogP contribution in [0.2, 0.25) is 10.0 Å². The van der Waals surface area contributed by atoms with Crippen LogP contribution in [-0.4, -0.2) is 5.38 Å². The molecule has 0 aliphatic rings. The van der Waals surface area contributed by atoms with Crippen molar-refractivity contribution in [2.24, 2.45) is 5.92 Å². The summed E-state index contributed by atoms with van der Waals surface area (Å²) in [5.41, 5.74) is 1.07. The standard InChI is InChI=1S/C11H13Cl3/c1-7(8(2)12)6-9-4-3-5-10(13)11(9)14/h3-5,7-8H,6H2,1-2H3. The molecule has 1 rings (SSSR count). The summed E-state index contributed by atoms with van der Waals surface area (Å²) in [6, 6.07) is 5.70. The van der Waals surface area contributed by atoms with E-state index >= 15 is 0 Å². The van der Waals surface area contributed by atoms with Crippen molar-refractivity contribution >= 4 is 34.8 Å². The van der Waals surface area contributed by atoms with Crippen LogP contribution < -0.4 is 0 Å². The van der Waals surface area contributed by atoms with Crippen LogP contribution in [0.15, 0.2) is 18.2 Å². The van der Waals surface area contributed by atoms with Crippen molar-refractivity contribution in [3.63, 3.8) is 0 Å². The van der Waals surface area contributed by atoms with Crippen molar-refractivity contribution in [1.82, 2.24) is 0 Å². The van der Waals surface area contributed by atoms with Gasteiger partial charge in [0, 0.05) is 5.38 Å². The molecule has 78 valence electrons. The molecule has 0 saturated carbocycles. The highest BCUT2D eigenvalue weighted by Crippen LogP contribution is 2.28.